The molecule has 0 aliphatic heterocycles. The molecule has 0 saturated heterocycles. The Hall–Kier alpha value is -3.65. The van der Waals surface area contributed by atoms with Gasteiger partial charge in [-0.25, -0.2) is 4.98 Å². The standard InChI is InChI=1S/C19H12ClN7O/c20-13-6-4-12(5-7-13)15-9-23-27-17(15)25-24-16-18(27)22-11-26(19(16)28)10-14-3-1-2-8-21-14/h1-9,11H,10H2. The summed E-state index contributed by atoms with van der Waals surface area (Å²) in [5.41, 5.74) is 3.16. The fourth-order valence-electron chi connectivity index (χ4n) is 3.01. The molecule has 0 aliphatic rings. The van der Waals surface area contributed by atoms with Crippen LogP contribution in [0.1, 0.15) is 5.69 Å². The van der Waals surface area contributed by atoms with E-state index in [-0.39, 0.29) is 11.1 Å². The van der Waals surface area contributed by atoms with E-state index in [0.717, 1.165) is 16.8 Å². The molecule has 0 atom stereocenters. The highest BCUT2D eigenvalue weighted by molar-refractivity contribution is 6.30. The van der Waals surface area contributed by atoms with Crippen molar-refractivity contribution in [1.82, 2.24) is 34.3 Å². The monoisotopic (exact) mass is 389 g/mol. The molecule has 136 valence electrons. The van der Waals surface area contributed by atoms with Crippen molar-refractivity contribution < 1.29 is 0 Å². The van der Waals surface area contributed by atoms with Gasteiger partial charge in [0.25, 0.3) is 5.56 Å². The highest BCUT2D eigenvalue weighted by atomic mass is 35.5. The maximum Gasteiger partial charge on any atom is 0.283 e. The minimum Gasteiger partial charge on any atom is -0.291 e. The summed E-state index contributed by atoms with van der Waals surface area (Å²) in [7, 11) is 0. The summed E-state index contributed by atoms with van der Waals surface area (Å²) in [6.45, 7) is 0.303. The molecule has 4 heterocycles. The van der Waals surface area contributed by atoms with E-state index in [2.05, 4.69) is 25.3 Å². The summed E-state index contributed by atoms with van der Waals surface area (Å²) in [5.74, 6) is 0. The molecule has 4 aromatic heterocycles. The second kappa shape index (κ2) is 6.50. The summed E-state index contributed by atoms with van der Waals surface area (Å²) in [6, 6.07) is 12.9. The van der Waals surface area contributed by atoms with Gasteiger partial charge >= 0.3 is 0 Å². The second-order valence-corrected chi connectivity index (χ2v) is 6.61. The quantitative estimate of drug-likeness (QED) is 0.471. The van der Waals surface area contributed by atoms with Gasteiger partial charge in [0.2, 0.25) is 0 Å². The molecule has 5 aromatic rings. The third kappa shape index (κ3) is 2.71. The Bertz CT molecular complexity index is 1360. The van der Waals surface area contributed by atoms with Gasteiger partial charge in [0.05, 0.1) is 18.4 Å². The van der Waals surface area contributed by atoms with E-state index in [1.165, 1.54) is 15.4 Å². The smallest absolute Gasteiger partial charge is 0.283 e. The first-order valence-electron chi connectivity index (χ1n) is 8.46. The van der Waals surface area contributed by atoms with E-state index in [1.807, 2.05) is 30.3 Å². The number of halogens is 1. The van der Waals surface area contributed by atoms with Gasteiger partial charge in [-0.05, 0) is 29.8 Å². The Balaban J connectivity index is 1.64. The normalized spacial score (nSPS) is 11.3. The number of nitrogens with zero attached hydrogens (tertiary/aromatic N) is 7. The van der Waals surface area contributed by atoms with Crippen LogP contribution in [0.4, 0.5) is 0 Å². The zero-order chi connectivity index (χ0) is 19.1. The molecular formula is C19H12ClN7O. The van der Waals surface area contributed by atoms with E-state index in [0.29, 0.717) is 22.9 Å². The molecular weight excluding hydrogens is 378 g/mol. The predicted molar refractivity (Wildman–Crippen MR) is 104 cm³/mol. The highest BCUT2D eigenvalue weighted by Gasteiger charge is 2.15. The number of fused-ring (bicyclic) bond motifs is 3. The van der Waals surface area contributed by atoms with Crippen LogP contribution in [0.5, 0.6) is 0 Å². The van der Waals surface area contributed by atoms with Crippen LogP contribution in [-0.4, -0.2) is 34.3 Å². The summed E-state index contributed by atoms with van der Waals surface area (Å²) in [5, 5.41) is 13.4. The van der Waals surface area contributed by atoms with E-state index in [9.17, 15) is 4.79 Å². The van der Waals surface area contributed by atoms with Crippen LogP contribution in [0, 0.1) is 0 Å². The average Bonchev–Trinajstić information content (AvgIpc) is 3.16. The number of hydrogen-bond acceptors (Lipinski definition) is 6. The van der Waals surface area contributed by atoms with Gasteiger partial charge in [-0.15, -0.1) is 10.2 Å². The molecule has 0 unspecified atom stereocenters. The van der Waals surface area contributed by atoms with Crippen LogP contribution < -0.4 is 5.56 Å². The summed E-state index contributed by atoms with van der Waals surface area (Å²) in [4.78, 5) is 21.5. The third-order valence-corrected chi connectivity index (χ3v) is 4.65. The molecule has 0 saturated carbocycles. The van der Waals surface area contributed by atoms with Crippen molar-refractivity contribution in [2.45, 2.75) is 6.54 Å². The van der Waals surface area contributed by atoms with Gasteiger partial charge in [0.15, 0.2) is 16.8 Å². The van der Waals surface area contributed by atoms with Crippen molar-refractivity contribution in [1.29, 1.82) is 0 Å². The Morgan fingerprint density at radius 3 is 2.61 bits per heavy atom. The van der Waals surface area contributed by atoms with Gasteiger partial charge in [-0.2, -0.15) is 9.61 Å². The van der Waals surface area contributed by atoms with Crippen LogP contribution in [0.3, 0.4) is 0 Å². The van der Waals surface area contributed by atoms with E-state index in [4.69, 9.17) is 11.6 Å². The van der Waals surface area contributed by atoms with Crippen LogP contribution in [0.25, 0.3) is 27.9 Å². The molecule has 9 heteroatoms. The topological polar surface area (TPSA) is 90.9 Å². The minimum absolute atomic E-state index is 0.150. The zero-order valence-electron chi connectivity index (χ0n) is 14.4. The average molecular weight is 390 g/mol. The Morgan fingerprint density at radius 1 is 0.964 bits per heavy atom. The first-order chi connectivity index (χ1) is 13.7. The van der Waals surface area contributed by atoms with Crippen molar-refractivity contribution in [2.24, 2.45) is 0 Å². The number of hydrogen-bond donors (Lipinski definition) is 0. The molecule has 0 bridgehead atoms. The molecule has 5 rings (SSSR count). The van der Waals surface area contributed by atoms with Gasteiger partial charge in [0, 0.05) is 16.8 Å². The lowest BCUT2D eigenvalue weighted by molar-refractivity contribution is 0.720. The lowest BCUT2D eigenvalue weighted by atomic mass is 10.1. The molecule has 0 aliphatic carbocycles. The third-order valence-electron chi connectivity index (χ3n) is 4.40. The SMILES string of the molecule is O=c1c2nnc3c(-c4ccc(Cl)cc4)cnn3c2ncn1Cc1ccccn1. The predicted octanol–water partition coefficient (Wildman–Crippen LogP) is 2.60. The second-order valence-electron chi connectivity index (χ2n) is 6.17. The van der Waals surface area contributed by atoms with Crippen LogP contribution in [0.2, 0.25) is 5.02 Å². The van der Waals surface area contributed by atoms with Crippen molar-refractivity contribution in [2.75, 3.05) is 0 Å². The van der Waals surface area contributed by atoms with Crippen molar-refractivity contribution >= 4 is 28.4 Å². The number of aromatic nitrogens is 7. The van der Waals surface area contributed by atoms with Crippen molar-refractivity contribution in [3.05, 3.63) is 82.3 Å². The van der Waals surface area contributed by atoms with Crippen LogP contribution in [0.15, 0.2) is 66.0 Å². The number of rotatable bonds is 3. The molecule has 8 nitrogen and oxygen atoms in total. The first kappa shape index (κ1) is 16.5. The van der Waals surface area contributed by atoms with E-state index < -0.39 is 0 Å². The number of benzene rings is 1. The zero-order valence-corrected chi connectivity index (χ0v) is 15.2. The molecule has 0 N–H and O–H groups in total. The van der Waals surface area contributed by atoms with Gasteiger partial charge in [0.1, 0.15) is 6.33 Å². The lowest BCUT2D eigenvalue weighted by Gasteiger charge is -2.06. The molecule has 28 heavy (non-hydrogen) atoms. The maximum atomic E-state index is 12.8. The summed E-state index contributed by atoms with van der Waals surface area (Å²) < 4.78 is 2.98. The fraction of sp³-hybridized carbons (Fsp3) is 0.0526. The van der Waals surface area contributed by atoms with Crippen molar-refractivity contribution in [3.63, 3.8) is 0 Å². The molecule has 0 radical (unpaired) electrons. The molecule has 1 aromatic carbocycles. The minimum atomic E-state index is -0.298. The summed E-state index contributed by atoms with van der Waals surface area (Å²) in [6.07, 6.45) is 4.83. The van der Waals surface area contributed by atoms with Gasteiger partial charge in [-0.1, -0.05) is 29.8 Å². The van der Waals surface area contributed by atoms with Crippen molar-refractivity contribution in [3.8, 4) is 11.1 Å². The molecule has 0 spiro atoms. The van der Waals surface area contributed by atoms with Crippen LogP contribution in [-0.2, 0) is 6.54 Å². The largest absolute Gasteiger partial charge is 0.291 e. The molecule has 0 fully saturated rings. The first-order valence-corrected chi connectivity index (χ1v) is 8.84. The maximum absolute atomic E-state index is 12.8. The Labute approximate surface area is 163 Å². The number of pyridine rings is 1. The lowest BCUT2D eigenvalue weighted by Crippen LogP contribution is -2.23. The van der Waals surface area contributed by atoms with E-state index >= 15 is 0 Å². The van der Waals surface area contributed by atoms with E-state index in [1.54, 1.807) is 24.5 Å². The van der Waals surface area contributed by atoms with Crippen LogP contribution >= 0.6 is 11.6 Å². The van der Waals surface area contributed by atoms with Gasteiger partial charge < -0.3 is 0 Å². The fourth-order valence-corrected chi connectivity index (χ4v) is 3.14. The summed E-state index contributed by atoms with van der Waals surface area (Å²) >= 11 is 5.96. The molecule has 0 amide bonds. The van der Waals surface area contributed by atoms with Gasteiger partial charge in [-0.3, -0.25) is 14.3 Å². The highest BCUT2D eigenvalue weighted by Crippen LogP contribution is 2.25. The Morgan fingerprint density at radius 2 is 1.82 bits per heavy atom. The Kier molecular flexibility index (Phi) is 3.84.